The second-order valence-corrected chi connectivity index (χ2v) is 5.33. The van der Waals surface area contributed by atoms with E-state index in [4.69, 9.17) is 13.9 Å². The zero-order valence-electron chi connectivity index (χ0n) is 14.3. The number of rotatable bonds is 6. The highest BCUT2D eigenvalue weighted by atomic mass is 16.5. The molecule has 0 unspecified atom stereocenters. The summed E-state index contributed by atoms with van der Waals surface area (Å²) in [5.74, 6) is 1.16. The summed E-state index contributed by atoms with van der Waals surface area (Å²) in [7, 11) is 3.03. The summed E-state index contributed by atoms with van der Waals surface area (Å²) in [6.07, 6.45) is 2.81. The molecule has 0 spiro atoms. The minimum atomic E-state index is -0.386. The van der Waals surface area contributed by atoms with E-state index in [9.17, 15) is 9.59 Å². The molecule has 1 amide bonds. The van der Waals surface area contributed by atoms with Crippen LogP contribution in [0.4, 0.5) is 5.69 Å². The summed E-state index contributed by atoms with van der Waals surface area (Å²) < 4.78 is 16.8. The first kappa shape index (κ1) is 17.3. The number of ether oxygens (including phenoxy) is 2. The molecule has 0 aliphatic carbocycles. The van der Waals surface area contributed by atoms with Gasteiger partial charge in [-0.3, -0.25) is 14.2 Å². The van der Waals surface area contributed by atoms with Crippen LogP contribution in [0.3, 0.4) is 0 Å². The molecule has 0 aliphatic rings. The van der Waals surface area contributed by atoms with Crippen LogP contribution in [0.25, 0.3) is 11.5 Å². The standard InChI is InChI=1S/C18H17N3O5/c1-24-12-5-6-13(16(8-12)25-2)20-17(22)10-21-11-19-14(9-18(21)23)15-4-3-7-26-15/h3-9,11H,10H2,1-2H3,(H,20,22). The lowest BCUT2D eigenvalue weighted by Crippen LogP contribution is -2.27. The molecule has 8 heteroatoms. The molecule has 1 N–H and O–H groups in total. The fourth-order valence-corrected chi connectivity index (χ4v) is 2.35. The van der Waals surface area contributed by atoms with Gasteiger partial charge in [-0.1, -0.05) is 0 Å². The number of amides is 1. The molecule has 0 bridgehead atoms. The van der Waals surface area contributed by atoms with Crippen LogP contribution in [0.5, 0.6) is 11.5 Å². The van der Waals surface area contributed by atoms with Crippen LogP contribution in [-0.2, 0) is 11.3 Å². The van der Waals surface area contributed by atoms with E-state index in [1.165, 1.54) is 30.3 Å². The maximum atomic E-state index is 12.3. The Labute approximate surface area is 149 Å². The van der Waals surface area contributed by atoms with Crippen LogP contribution < -0.4 is 20.3 Å². The van der Waals surface area contributed by atoms with Crippen molar-refractivity contribution in [2.75, 3.05) is 19.5 Å². The molecular weight excluding hydrogens is 338 g/mol. The minimum Gasteiger partial charge on any atom is -0.497 e. The maximum absolute atomic E-state index is 12.3. The molecule has 3 rings (SSSR count). The number of aromatic nitrogens is 2. The lowest BCUT2D eigenvalue weighted by molar-refractivity contribution is -0.116. The van der Waals surface area contributed by atoms with Crippen molar-refractivity contribution in [3.05, 3.63) is 59.3 Å². The second kappa shape index (κ2) is 7.56. The van der Waals surface area contributed by atoms with Gasteiger partial charge in [0.05, 0.1) is 32.5 Å². The van der Waals surface area contributed by atoms with E-state index in [2.05, 4.69) is 10.3 Å². The van der Waals surface area contributed by atoms with Crippen molar-refractivity contribution in [2.24, 2.45) is 0 Å². The predicted molar refractivity (Wildman–Crippen MR) is 94.4 cm³/mol. The Morgan fingerprint density at radius 1 is 1.23 bits per heavy atom. The van der Waals surface area contributed by atoms with E-state index in [0.717, 1.165) is 0 Å². The van der Waals surface area contributed by atoms with Crippen LogP contribution in [0.1, 0.15) is 0 Å². The number of furan rings is 1. The van der Waals surface area contributed by atoms with Crippen molar-refractivity contribution in [3.8, 4) is 23.0 Å². The van der Waals surface area contributed by atoms with E-state index in [0.29, 0.717) is 28.6 Å². The van der Waals surface area contributed by atoms with Gasteiger partial charge in [-0.15, -0.1) is 0 Å². The lowest BCUT2D eigenvalue weighted by atomic mass is 10.2. The summed E-state index contributed by atoms with van der Waals surface area (Å²) in [5, 5.41) is 2.71. The summed E-state index contributed by atoms with van der Waals surface area (Å²) in [6, 6.07) is 9.75. The third-order valence-electron chi connectivity index (χ3n) is 3.65. The number of nitrogens with one attached hydrogen (secondary N) is 1. The van der Waals surface area contributed by atoms with Crippen molar-refractivity contribution >= 4 is 11.6 Å². The molecule has 1 aromatic carbocycles. The van der Waals surface area contributed by atoms with E-state index in [1.807, 2.05) is 0 Å². The number of hydrogen-bond donors (Lipinski definition) is 1. The van der Waals surface area contributed by atoms with Gasteiger partial charge >= 0.3 is 0 Å². The molecule has 0 fully saturated rings. The first-order valence-electron chi connectivity index (χ1n) is 7.73. The molecule has 0 aliphatic heterocycles. The highest BCUT2D eigenvalue weighted by Gasteiger charge is 2.11. The van der Waals surface area contributed by atoms with Crippen LogP contribution in [0.2, 0.25) is 0 Å². The van der Waals surface area contributed by atoms with E-state index in [1.54, 1.807) is 37.4 Å². The van der Waals surface area contributed by atoms with Gasteiger partial charge in [0.2, 0.25) is 5.91 Å². The zero-order valence-corrected chi connectivity index (χ0v) is 14.3. The summed E-state index contributed by atoms with van der Waals surface area (Å²) in [6.45, 7) is -0.181. The van der Waals surface area contributed by atoms with E-state index < -0.39 is 0 Å². The van der Waals surface area contributed by atoms with Gasteiger partial charge in [0.15, 0.2) is 5.76 Å². The van der Waals surface area contributed by atoms with Crippen LogP contribution in [0, 0.1) is 0 Å². The van der Waals surface area contributed by atoms with Crippen LogP contribution in [-0.4, -0.2) is 29.7 Å². The molecule has 134 valence electrons. The first-order valence-corrected chi connectivity index (χ1v) is 7.73. The Morgan fingerprint density at radius 3 is 2.73 bits per heavy atom. The monoisotopic (exact) mass is 355 g/mol. The van der Waals surface area contributed by atoms with Crippen molar-refractivity contribution in [1.82, 2.24) is 9.55 Å². The van der Waals surface area contributed by atoms with E-state index >= 15 is 0 Å². The highest BCUT2D eigenvalue weighted by Crippen LogP contribution is 2.28. The molecule has 0 saturated heterocycles. The fraction of sp³-hybridized carbons (Fsp3) is 0.167. The van der Waals surface area contributed by atoms with E-state index in [-0.39, 0.29) is 18.0 Å². The molecule has 0 atom stereocenters. The molecule has 0 radical (unpaired) electrons. The second-order valence-electron chi connectivity index (χ2n) is 5.33. The summed E-state index contributed by atoms with van der Waals surface area (Å²) in [5.41, 5.74) is 0.531. The Hall–Kier alpha value is -3.55. The average molecular weight is 355 g/mol. The lowest BCUT2D eigenvalue weighted by Gasteiger charge is -2.12. The van der Waals surface area contributed by atoms with Gasteiger partial charge in [0.25, 0.3) is 5.56 Å². The van der Waals surface area contributed by atoms with Gasteiger partial charge in [-0.05, 0) is 24.3 Å². The molecule has 0 saturated carbocycles. The zero-order chi connectivity index (χ0) is 18.5. The predicted octanol–water partition coefficient (Wildman–Crippen LogP) is 2.16. The third kappa shape index (κ3) is 3.75. The number of anilines is 1. The van der Waals surface area contributed by atoms with Crippen molar-refractivity contribution in [1.29, 1.82) is 0 Å². The molecule has 2 aromatic heterocycles. The van der Waals surface area contributed by atoms with Crippen LogP contribution in [0.15, 0.2) is 58.2 Å². The largest absolute Gasteiger partial charge is 0.497 e. The van der Waals surface area contributed by atoms with Gasteiger partial charge in [0, 0.05) is 12.1 Å². The maximum Gasteiger partial charge on any atom is 0.254 e. The fourth-order valence-electron chi connectivity index (χ4n) is 2.35. The average Bonchev–Trinajstić information content (AvgIpc) is 3.18. The Morgan fingerprint density at radius 2 is 2.08 bits per heavy atom. The molecule has 2 heterocycles. The van der Waals surface area contributed by atoms with Gasteiger partial charge in [-0.25, -0.2) is 4.98 Å². The van der Waals surface area contributed by atoms with Gasteiger partial charge in [-0.2, -0.15) is 0 Å². The minimum absolute atomic E-state index is 0.181. The van der Waals surface area contributed by atoms with Crippen molar-refractivity contribution < 1.29 is 18.7 Å². The highest BCUT2D eigenvalue weighted by molar-refractivity contribution is 5.92. The number of methoxy groups -OCH3 is 2. The summed E-state index contributed by atoms with van der Waals surface area (Å²) >= 11 is 0. The molecular formula is C18H17N3O5. The Bertz CT molecular complexity index is 963. The molecule has 3 aromatic rings. The van der Waals surface area contributed by atoms with Crippen LogP contribution >= 0.6 is 0 Å². The molecule has 8 nitrogen and oxygen atoms in total. The number of carbonyl (C=O) groups excluding carboxylic acids is 1. The van der Waals surface area contributed by atoms with Crippen molar-refractivity contribution in [3.63, 3.8) is 0 Å². The Kier molecular flexibility index (Phi) is 5.02. The summed E-state index contributed by atoms with van der Waals surface area (Å²) in [4.78, 5) is 28.6. The number of benzene rings is 1. The number of carbonyl (C=O) groups is 1. The smallest absolute Gasteiger partial charge is 0.254 e. The third-order valence-corrected chi connectivity index (χ3v) is 3.65. The molecule has 26 heavy (non-hydrogen) atoms. The van der Waals surface area contributed by atoms with Gasteiger partial charge in [0.1, 0.15) is 23.7 Å². The van der Waals surface area contributed by atoms with Crippen molar-refractivity contribution in [2.45, 2.75) is 6.54 Å². The quantitative estimate of drug-likeness (QED) is 0.728. The van der Waals surface area contributed by atoms with Gasteiger partial charge < -0.3 is 19.2 Å². The topological polar surface area (TPSA) is 95.6 Å². The Balaban J connectivity index is 1.73. The first-order chi connectivity index (χ1) is 12.6. The number of hydrogen-bond acceptors (Lipinski definition) is 6. The SMILES string of the molecule is COc1ccc(NC(=O)Cn2cnc(-c3ccco3)cc2=O)c(OC)c1. The number of nitrogens with zero attached hydrogens (tertiary/aromatic N) is 2. The normalized spacial score (nSPS) is 10.4.